The van der Waals surface area contributed by atoms with E-state index in [1.54, 1.807) is 4.90 Å². The van der Waals surface area contributed by atoms with E-state index in [1.807, 2.05) is 43.5 Å². The summed E-state index contributed by atoms with van der Waals surface area (Å²) >= 11 is 0. The molecule has 0 saturated carbocycles. The van der Waals surface area contributed by atoms with Gasteiger partial charge in [0.05, 0.1) is 24.8 Å². The first-order valence-electron chi connectivity index (χ1n) is 9.48. The van der Waals surface area contributed by atoms with E-state index in [0.29, 0.717) is 25.1 Å². The predicted octanol–water partition coefficient (Wildman–Crippen LogP) is 2.85. The summed E-state index contributed by atoms with van der Waals surface area (Å²) in [4.78, 5) is 23.5. The lowest BCUT2D eigenvalue weighted by Gasteiger charge is -2.23. The van der Waals surface area contributed by atoms with Crippen LogP contribution in [0.25, 0.3) is 0 Å². The molecule has 27 heavy (non-hydrogen) atoms. The average molecular weight is 367 g/mol. The number of benzene rings is 1. The Morgan fingerprint density at radius 1 is 1.22 bits per heavy atom. The third-order valence-corrected chi connectivity index (χ3v) is 5.14. The fourth-order valence-corrected chi connectivity index (χ4v) is 3.49. The van der Waals surface area contributed by atoms with Crippen molar-refractivity contribution < 1.29 is 9.53 Å². The van der Waals surface area contributed by atoms with Gasteiger partial charge < -0.3 is 20.3 Å². The van der Waals surface area contributed by atoms with Gasteiger partial charge in [-0.3, -0.25) is 0 Å². The highest BCUT2D eigenvalue weighted by atomic mass is 16.5. The maximum atomic E-state index is 12.6. The van der Waals surface area contributed by atoms with Crippen LogP contribution in [0.3, 0.4) is 0 Å². The molecule has 7 nitrogen and oxygen atoms in total. The summed E-state index contributed by atoms with van der Waals surface area (Å²) in [5, 5.41) is 6.45. The standard InChI is InChI=1S/C20H25N5O2/c1-14(15-5-3-2-4-6-15)22-20(26)25-12-16-11-21-19(24-18(16)13-25)23-17-7-9-27-10-8-17/h2-6,11,14,17H,7-10,12-13H2,1H3,(H,22,26)(H,21,23,24)/t14-/m1/s1. The smallest absolute Gasteiger partial charge is 0.318 e. The van der Waals surface area contributed by atoms with Gasteiger partial charge in [0.25, 0.3) is 0 Å². The Bertz CT molecular complexity index is 792. The molecule has 1 aromatic heterocycles. The van der Waals surface area contributed by atoms with Crippen molar-refractivity contribution in [3.05, 3.63) is 53.3 Å². The molecule has 2 aliphatic rings. The van der Waals surface area contributed by atoms with E-state index in [4.69, 9.17) is 4.74 Å². The molecule has 4 rings (SSSR count). The van der Waals surface area contributed by atoms with Crippen LogP contribution < -0.4 is 10.6 Å². The number of ether oxygens (including phenoxy) is 1. The lowest BCUT2D eigenvalue weighted by Crippen LogP contribution is -2.37. The number of anilines is 1. The van der Waals surface area contributed by atoms with Crippen molar-refractivity contribution in [2.45, 2.75) is 44.9 Å². The molecule has 0 unspecified atom stereocenters. The van der Waals surface area contributed by atoms with E-state index in [2.05, 4.69) is 20.6 Å². The first-order chi connectivity index (χ1) is 13.2. The number of nitrogens with one attached hydrogen (secondary N) is 2. The van der Waals surface area contributed by atoms with Crippen molar-refractivity contribution >= 4 is 12.0 Å². The summed E-state index contributed by atoms with van der Waals surface area (Å²) in [6.45, 7) is 4.59. The Kier molecular flexibility index (Phi) is 5.20. The van der Waals surface area contributed by atoms with Crippen LogP contribution in [0.5, 0.6) is 0 Å². The van der Waals surface area contributed by atoms with E-state index in [1.165, 1.54) is 0 Å². The summed E-state index contributed by atoms with van der Waals surface area (Å²) in [5.74, 6) is 0.639. The molecule has 2 amide bonds. The number of carbonyl (C=O) groups excluding carboxylic acids is 1. The van der Waals surface area contributed by atoms with Gasteiger partial charge in [0.15, 0.2) is 0 Å². The molecule has 142 valence electrons. The van der Waals surface area contributed by atoms with Crippen molar-refractivity contribution in [3.8, 4) is 0 Å². The van der Waals surface area contributed by atoms with E-state index < -0.39 is 0 Å². The molecule has 2 aromatic rings. The van der Waals surface area contributed by atoms with Crippen LogP contribution in [0.4, 0.5) is 10.7 Å². The number of amides is 2. The van der Waals surface area contributed by atoms with Gasteiger partial charge in [0.1, 0.15) is 0 Å². The Labute approximate surface area is 159 Å². The summed E-state index contributed by atoms with van der Waals surface area (Å²) in [7, 11) is 0. The summed E-state index contributed by atoms with van der Waals surface area (Å²) in [6.07, 6.45) is 3.76. The summed E-state index contributed by atoms with van der Waals surface area (Å²) in [5.41, 5.74) is 3.02. The largest absolute Gasteiger partial charge is 0.381 e. The van der Waals surface area contributed by atoms with Crippen LogP contribution in [0.15, 0.2) is 36.5 Å². The molecule has 0 spiro atoms. The van der Waals surface area contributed by atoms with Gasteiger partial charge >= 0.3 is 6.03 Å². The fourth-order valence-electron chi connectivity index (χ4n) is 3.49. The van der Waals surface area contributed by atoms with Crippen molar-refractivity contribution in [1.29, 1.82) is 0 Å². The molecule has 0 radical (unpaired) electrons. The molecule has 7 heteroatoms. The molecule has 2 aliphatic heterocycles. The highest BCUT2D eigenvalue weighted by molar-refractivity contribution is 5.75. The maximum Gasteiger partial charge on any atom is 0.318 e. The molecule has 2 N–H and O–H groups in total. The Hall–Kier alpha value is -2.67. The second-order valence-electron chi connectivity index (χ2n) is 7.13. The van der Waals surface area contributed by atoms with Crippen molar-refractivity contribution in [2.24, 2.45) is 0 Å². The van der Waals surface area contributed by atoms with Crippen molar-refractivity contribution in [1.82, 2.24) is 20.2 Å². The average Bonchev–Trinajstić information content (AvgIpc) is 3.13. The summed E-state index contributed by atoms with van der Waals surface area (Å²) < 4.78 is 5.38. The van der Waals surface area contributed by atoms with Gasteiger partial charge in [-0.05, 0) is 25.3 Å². The van der Waals surface area contributed by atoms with Crippen LogP contribution in [0, 0.1) is 0 Å². The minimum absolute atomic E-state index is 0.0424. The highest BCUT2D eigenvalue weighted by Crippen LogP contribution is 2.23. The molecule has 1 saturated heterocycles. The molecule has 1 fully saturated rings. The van der Waals surface area contributed by atoms with Crippen LogP contribution in [-0.2, 0) is 17.8 Å². The molecule has 1 aromatic carbocycles. The van der Waals surface area contributed by atoms with Gasteiger partial charge in [-0.15, -0.1) is 0 Å². The van der Waals surface area contributed by atoms with Gasteiger partial charge in [-0.1, -0.05) is 30.3 Å². The number of urea groups is 1. The molecule has 0 bridgehead atoms. The zero-order valence-electron chi connectivity index (χ0n) is 15.5. The molecule has 1 atom stereocenters. The number of rotatable bonds is 4. The quantitative estimate of drug-likeness (QED) is 0.869. The van der Waals surface area contributed by atoms with Gasteiger partial charge in [-0.25, -0.2) is 14.8 Å². The van der Waals surface area contributed by atoms with E-state index in [9.17, 15) is 4.79 Å². The monoisotopic (exact) mass is 367 g/mol. The second-order valence-corrected chi connectivity index (χ2v) is 7.13. The lowest BCUT2D eigenvalue weighted by molar-refractivity contribution is 0.0903. The first kappa shape index (κ1) is 17.7. The fraction of sp³-hybridized carbons (Fsp3) is 0.450. The number of aromatic nitrogens is 2. The van der Waals surface area contributed by atoms with Gasteiger partial charge in [0, 0.05) is 31.0 Å². The molecule has 3 heterocycles. The topological polar surface area (TPSA) is 79.4 Å². The lowest BCUT2D eigenvalue weighted by atomic mass is 10.1. The number of nitrogens with zero attached hydrogens (tertiary/aromatic N) is 3. The predicted molar refractivity (Wildman–Crippen MR) is 102 cm³/mol. The van der Waals surface area contributed by atoms with Gasteiger partial charge in [-0.2, -0.15) is 0 Å². The molecular weight excluding hydrogens is 342 g/mol. The van der Waals surface area contributed by atoms with Crippen LogP contribution >= 0.6 is 0 Å². The third-order valence-electron chi connectivity index (χ3n) is 5.14. The molecular formula is C20H25N5O2. The first-order valence-corrected chi connectivity index (χ1v) is 9.48. The third kappa shape index (κ3) is 4.19. The number of carbonyl (C=O) groups is 1. The van der Waals surface area contributed by atoms with Crippen LogP contribution in [-0.4, -0.2) is 40.2 Å². The zero-order chi connectivity index (χ0) is 18.6. The Morgan fingerprint density at radius 3 is 2.78 bits per heavy atom. The van der Waals surface area contributed by atoms with E-state index in [-0.39, 0.29) is 12.1 Å². The van der Waals surface area contributed by atoms with Gasteiger partial charge in [0.2, 0.25) is 5.95 Å². The normalized spacial score (nSPS) is 18.0. The van der Waals surface area contributed by atoms with E-state index in [0.717, 1.165) is 42.9 Å². The van der Waals surface area contributed by atoms with Crippen LogP contribution in [0.1, 0.15) is 42.6 Å². The second kappa shape index (κ2) is 7.92. The maximum absolute atomic E-state index is 12.6. The van der Waals surface area contributed by atoms with E-state index >= 15 is 0 Å². The number of hydrogen-bond donors (Lipinski definition) is 2. The van der Waals surface area contributed by atoms with Crippen molar-refractivity contribution in [2.75, 3.05) is 18.5 Å². The minimum Gasteiger partial charge on any atom is -0.381 e. The number of fused-ring (bicyclic) bond motifs is 1. The summed E-state index contributed by atoms with van der Waals surface area (Å²) in [6, 6.07) is 10.2. The van der Waals surface area contributed by atoms with Crippen molar-refractivity contribution in [3.63, 3.8) is 0 Å². The zero-order valence-corrected chi connectivity index (χ0v) is 15.5. The highest BCUT2D eigenvalue weighted by Gasteiger charge is 2.26. The van der Waals surface area contributed by atoms with Crippen LogP contribution in [0.2, 0.25) is 0 Å². The Balaban J connectivity index is 1.36. The Morgan fingerprint density at radius 2 is 2.00 bits per heavy atom. The number of hydrogen-bond acceptors (Lipinski definition) is 5. The minimum atomic E-state index is -0.0803. The SMILES string of the molecule is C[C@@H](NC(=O)N1Cc2cnc(NC3CCOCC3)nc2C1)c1ccccc1. The molecule has 0 aliphatic carbocycles.